The van der Waals surface area contributed by atoms with Gasteiger partial charge < -0.3 is 18.9 Å². The molecule has 6 rings (SSSR count). The minimum atomic E-state index is -0.744. The molecule has 2 aromatic carbocycles. The van der Waals surface area contributed by atoms with Gasteiger partial charge in [-0.25, -0.2) is 9.59 Å². The lowest BCUT2D eigenvalue weighted by atomic mass is 9.93. The number of esters is 1. The molecule has 2 saturated carbocycles. The number of nitrogens with zero attached hydrogens (tertiary/aromatic N) is 1. The summed E-state index contributed by atoms with van der Waals surface area (Å²) in [6, 6.07) is 8.54. The van der Waals surface area contributed by atoms with E-state index in [1.165, 1.54) is 30.2 Å². The van der Waals surface area contributed by atoms with Crippen LogP contribution in [0.3, 0.4) is 0 Å². The molecule has 0 radical (unpaired) electrons. The van der Waals surface area contributed by atoms with E-state index in [1.54, 1.807) is 24.3 Å². The number of fused-ring (bicyclic) bond motifs is 3. The minimum Gasteiger partial charge on any atom is -0.493 e. The van der Waals surface area contributed by atoms with Crippen LogP contribution in [0.1, 0.15) is 41.6 Å². The number of benzene rings is 2. The first-order valence-corrected chi connectivity index (χ1v) is 12.1. The second kappa shape index (κ2) is 8.95. The highest BCUT2D eigenvalue weighted by molar-refractivity contribution is 6.31. The van der Waals surface area contributed by atoms with Crippen molar-refractivity contribution in [1.82, 2.24) is 10.2 Å². The quantitative estimate of drug-likeness (QED) is 0.285. The van der Waals surface area contributed by atoms with Gasteiger partial charge in [0.25, 0.3) is 11.8 Å². The molecule has 2 aliphatic carbocycles. The van der Waals surface area contributed by atoms with Gasteiger partial charge in [-0.1, -0.05) is 12.5 Å². The van der Waals surface area contributed by atoms with Crippen molar-refractivity contribution in [2.75, 3.05) is 13.9 Å². The summed E-state index contributed by atoms with van der Waals surface area (Å²) in [5.41, 5.74) is 0.613. The van der Waals surface area contributed by atoms with E-state index in [2.05, 4.69) is 5.32 Å². The summed E-state index contributed by atoms with van der Waals surface area (Å²) in [4.78, 5) is 52.3. The van der Waals surface area contributed by atoms with Crippen molar-refractivity contribution in [3.05, 3.63) is 53.1 Å². The molecule has 2 bridgehead atoms. The maximum absolute atomic E-state index is 13.3. The normalized spacial score (nSPS) is 25.0. The maximum atomic E-state index is 13.3. The molecule has 2 heterocycles. The number of carbonyl (C=O) groups excluding carboxylic acids is 4. The number of methoxy groups -OCH3 is 1. The van der Waals surface area contributed by atoms with Gasteiger partial charge in [0, 0.05) is 6.04 Å². The van der Waals surface area contributed by atoms with Gasteiger partial charge >= 0.3 is 12.0 Å². The number of hydrogen-bond donors (Lipinski definition) is 1. The highest BCUT2D eigenvalue weighted by atomic mass is 16.7. The number of imide groups is 2. The van der Waals surface area contributed by atoms with E-state index in [0.717, 1.165) is 25.7 Å². The number of ether oxygens (including phenoxy) is 4. The van der Waals surface area contributed by atoms with Crippen LogP contribution in [-0.4, -0.2) is 48.7 Å². The fourth-order valence-electron chi connectivity index (χ4n) is 5.71. The Labute approximate surface area is 212 Å². The first-order valence-electron chi connectivity index (χ1n) is 12.1. The van der Waals surface area contributed by atoms with Crippen molar-refractivity contribution < 1.29 is 38.1 Å². The monoisotopic (exact) mass is 504 g/mol. The number of rotatable bonds is 5. The van der Waals surface area contributed by atoms with Gasteiger partial charge in [0.05, 0.1) is 12.7 Å². The number of amides is 4. The predicted octanol–water partition coefficient (Wildman–Crippen LogP) is 3.29. The summed E-state index contributed by atoms with van der Waals surface area (Å²) in [7, 11) is 1.41. The molecule has 1 saturated heterocycles. The van der Waals surface area contributed by atoms with Gasteiger partial charge in [-0.2, -0.15) is 0 Å². The highest BCUT2D eigenvalue weighted by Gasteiger charge is 2.49. The second-order valence-corrected chi connectivity index (χ2v) is 9.60. The lowest BCUT2D eigenvalue weighted by Gasteiger charge is -2.35. The van der Waals surface area contributed by atoms with Crippen LogP contribution in [0.25, 0.3) is 6.08 Å². The van der Waals surface area contributed by atoms with Crippen LogP contribution in [0.15, 0.2) is 42.0 Å². The molecule has 2 aromatic rings. The third-order valence-corrected chi connectivity index (χ3v) is 7.48. The maximum Gasteiger partial charge on any atom is 0.343 e. The van der Waals surface area contributed by atoms with Crippen molar-refractivity contribution in [3.63, 3.8) is 0 Å². The Kier molecular flexibility index (Phi) is 5.58. The van der Waals surface area contributed by atoms with Gasteiger partial charge in [-0.3, -0.25) is 19.8 Å². The smallest absolute Gasteiger partial charge is 0.343 e. The molecule has 0 spiro atoms. The van der Waals surface area contributed by atoms with E-state index >= 15 is 0 Å². The first kappa shape index (κ1) is 23.1. The highest BCUT2D eigenvalue weighted by Crippen LogP contribution is 2.47. The molecule has 4 aliphatic rings. The Bertz CT molecular complexity index is 1370. The van der Waals surface area contributed by atoms with Crippen LogP contribution in [0.4, 0.5) is 4.79 Å². The zero-order valence-electron chi connectivity index (χ0n) is 20.0. The standard InChI is InChI=1S/C27H24N2O8/c1-34-22-11-15(3-6-21(22)37-26(32)17-5-7-20-23(12-17)36-13-35-20)9-18-24(30)28-27(33)29(25(18)31)19-10-14-2-4-16(19)8-14/h3,5-7,9,11-12,14,16,19H,2,4,8,10,13H2,1H3,(H,28,30,33)/b18-9+/t14-,16-,19-/m0/s1. The third kappa shape index (κ3) is 4.08. The summed E-state index contributed by atoms with van der Waals surface area (Å²) < 4.78 is 21.5. The topological polar surface area (TPSA) is 120 Å². The van der Waals surface area contributed by atoms with Crippen LogP contribution in [-0.2, 0) is 9.59 Å². The summed E-state index contributed by atoms with van der Waals surface area (Å²) in [6.45, 7) is 0.0901. The lowest BCUT2D eigenvalue weighted by Crippen LogP contribution is -2.58. The average Bonchev–Trinajstić information content (AvgIpc) is 3.64. The average molecular weight is 504 g/mol. The van der Waals surface area contributed by atoms with Gasteiger partial charge in [0.1, 0.15) is 5.57 Å². The van der Waals surface area contributed by atoms with E-state index < -0.39 is 23.8 Å². The Morgan fingerprint density at radius 2 is 1.86 bits per heavy atom. The first-order chi connectivity index (χ1) is 17.9. The Balaban J connectivity index is 1.23. The lowest BCUT2D eigenvalue weighted by molar-refractivity contribution is -0.132. The molecule has 3 atom stereocenters. The zero-order chi connectivity index (χ0) is 25.7. The Hall–Kier alpha value is -4.34. The van der Waals surface area contributed by atoms with Crippen LogP contribution in [0.5, 0.6) is 23.0 Å². The van der Waals surface area contributed by atoms with E-state index in [1.807, 2.05) is 0 Å². The number of hydrogen-bond acceptors (Lipinski definition) is 8. The number of barbiturate groups is 1. The van der Waals surface area contributed by atoms with Crippen molar-refractivity contribution >= 4 is 29.9 Å². The van der Waals surface area contributed by atoms with Gasteiger partial charge in [0.15, 0.2) is 23.0 Å². The number of carbonyl (C=O) groups is 4. The summed E-state index contributed by atoms with van der Waals surface area (Å²) in [5, 5.41) is 2.31. The van der Waals surface area contributed by atoms with Crippen LogP contribution < -0.4 is 24.3 Å². The number of nitrogens with one attached hydrogen (secondary N) is 1. The molecule has 0 unspecified atom stereocenters. The van der Waals surface area contributed by atoms with Crippen molar-refractivity contribution in [2.45, 2.75) is 31.7 Å². The Morgan fingerprint density at radius 1 is 1.03 bits per heavy atom. The molecule has 10 heteroatoms. The summed E-state index contributed by atoms with van der Waals surface area (Å²) in [5.74, 6) is 0.245. The van der Waals surface area contributed by atoms with Crippen molar-refractivity contribution in [2.24, 2.45) is 11.8 Å². The molecule has 0 aromatic heterocycles. The molecular formula is C27H24N2O8. The molecule has 190 valence electrons. The molecule has 3 fully saturated rings. The number of urea groups is 1. The largest absolute Gasteiger partial charge is 0.493 e. The molecule has 1 N–H and O–H groups in total. The third-order valence-electron chi connectivity index (χ3n) is 7.48. The van der Waals surface area contributed by atoms with E-state index in [9.17, 15) is 19.2 Å². The van der Waals surface area contributed by atoms with E-state index in [-0.39, 0.29) is 41.4 Å². The van der Waals surface area contributed by atoms with Crippen LogP contribution in [0, 0.1) is 11.8 Å². The van der Waals surface area contributed by atoms with Gasteiger partial charge in [-0.15, -0.1) is 0 Å². The van der Waals surface area contributed by atoms with Gasteiger partial charge in [0.2, 0.25) is 6.79 Å². The second-order valence-electron chi connectivity index (χ2n) is 9.60. The summed E-state index contributed by atoms with van der Waals surface area (Å²) in [6.07, 6.45) is 5.32. The predicted molar refractivity (Wildman–Crippen MR) is 128 cm³/mol. The van der Waals surface area contributed by atoms with Crippen molar-refractivity contribution in [3.8, 4) is 23.0 Å². The fourth-order valence-corrected chi connectivity index (χ4v) is 5.71. The molecule has 37 heavy (non-hydrogen) atoms. The van der Waals surface area contributed by atoms with E-state index in [0.29, 0.717) is 23.0 Å². The zero-order valence-corrected chi connectivity index (χ0v) is 20.0. The van der Waals surface area contributed by atoms with Crippen LogP contribution >= 0.6 is 0 Å². The molecule has 10 nitrogen and oxygen atoms in total. The van der Waals surface area contributed by atoms with E-state index in [4.69, 9.17) is 18.9 Å². The van der Waals surface area contributed by atoms with Crippen molar-refractivity contribution in [1.29, 1.82) is 0 Å². The molecule has 4 amide bonds. The summed E-state index contributed by atoms with van der Waals surface area (Å²) >= 11 is 0. The Morgan fingerprint density at radius 3 is 2.62 bits per heavy atom. The molecule has 2 aliphatic heterocycles. The van der Waals surface area contributed by atoms with Crippen LogP contribution in [0.2, 0.25) is 0 Å². The molecular weight excluding hydrogens is 480 g/mol. The minimum absolute atomic E-state index is 0.0901. The SMILES string of the molecule is COc1cc(/C=C2\C(=O)NC(=O)N([C@H]3C[C@H]4CC[C@H]3C4)C2=O)ccc1OC(=O)c1ccc2c(c1)OCO2. The van der Waals surface area contributed by atoms with Gasteiger partial charge in [-0.05, 0) is 73.1 Å². The fraction of sp³-hybridized carbons (Fsp3) is 0.333.